The molecule has 146 valence electrons. The second kappa shape index (κ2) is 9.33. The van der Waals surface area contributed by atoms with E-state index in [0.717, 1.165) is 18.3 Å². The molecule has 0 aliphatic rings. The van der Waals surface area contributed by atoms with Gasteiger partial charge < -0.3 is 9.64 Å². The molecule has 0 aliphatic carbocycles. The first kappa shape index (κ1) is 20.7. The van der Waals surface area contributed by atoms with E-state index in [-0.39, 0.29) is 22.9 Å². The van der Waals surface area contributed by atoms with Crippen LogP contribution in [0.5, 0.6) is 5.75 Å². The van der Waals surface area contributed by atoms with Crippen LogP contribution in [0.15, 0.2) is 53.4 Å². The largest absolute Gasteiger partial charge is 0.495 e. The van der Waals surface area contributed by atoms with Crippen LogP contribution in [-0.2, 0) is 10.0 Å². The van der Waals surface area contributed by atoms with Gasteiger partial charge in [-0.2, -0.15) is 0 Å². The van der Waals surface area contributed by atoms with Crippen LogP contribution in [0.4, 0.5) is 11.4 Å². The van der Waals surface area contributed by atoms with Crippen LogP contribution in [-0.4, -0.2) is 40.1 Å². The third kappa shape index (κ3) is 5.41. The fourth-order valence-corrected chi connectivity index (χ4v) is 3.91. The molecule has 0 atom stereocenters. The van der Waals surface area contributed by atoms with Gasteiger partial charge in [-0.1, -0.05) is 18.2 Å². The van der Waals surface area contributed by atoms with Gasteiger partial charge in [0.25, 0.3) is 5.69 Å². The summed E-state index contributed by atoms with van der Waals surface area (Å²) in [6.07, 6.45) is 0.583. The fourth-order valence-electron chi connectivity index (χ4n) is 2.65. The van der Waals surface area contributed by atoms with E-state index < -0.39 is 14.9 Å². The molecule has 0 radical (unpaired) electrons. The van der Waals surface area contributed by atoms with E-state index in [1.165, 1.54) is 19.2 Å². The normalized spacial score (nSPS) is 11.2. The molecule has 0 aromatic heterocycles. The van der Waals surface area contributed by atoms with Gasteiger partial charge >= 0.3 is 0 Å². The molecule has 0 aliphatic heterocycles. The molecular weight excluding hydrogens is 370 g/mol. The lowest BCUT2D eigenvalue weighted by Gasteiger charge is -2.23. The standard InChI is InChI=1S/C18H23N3O5S/c1-3-20(15-8-5-4-6-9-15)13-7-12-19-27(24,25)18-14-16(21(22)23)10-11-17(18)26-2/h4-6,8-11,14,19H,3,7,12-13H2,1-2H3. The maximum absolute atomic E-state index is 12.5. The molecule has 0 saturated heterocycles. The second-order valence-corrected chi connectivity index (χ2v) is 7.49. The summed E-state index contributed by atoms with van der Waals surface area (Å²) in [7, 11) is -2.61. The van der Waals surface area contributed by atoms with Crippen LogP contribution in [0.1, 0.15) is 13.3 Å². The molecule has 2 rings (SSSR count). The van der Waals surface area contributed by atoms with Gasteiger partial charge in [0.1, 0.15) is 10.6 Å². The predicted octanol–water partition coefficient (Wildman–Crippen LogP) is 2.80. The maximum atomic E-state index is 12.5. The first-order valence-corrected chi connectivity index (χ1v) is 9.99. The lowest BCUT2D eigenvalue weighted by atomic mass is 10.2. The Hall–Kier alpha value is -2.65. The van der Waals surface area contributed by atoms with E-state index >= 15 is 0 Å². The van der Waals surface area contributed by atoms with Crippen molar-refractivity contribution in [2.75, 3.05) is 31.6 Å². The topological polar surface area (TPSA) is 102 Å². The van der Waals surface area contributed by atoms with Gasteiger partial charge in [0.15, 0.2) is 0 Å². The first-order chi connectivity index (χ1) is 12.9. The molecule has 2 aromatic rings. The molecule has 9 heteroatoms. The van der Waals surface area contributed by atoms with Crippen molar-refractivity contribution in [3.63, 3.8) is 0 Å². The second-order valence-electron chi connectivity index (χ2n) is 5.76. The number of nitro benzene ring substituents is 1. The van der Waals surface area contributed by atoms with Crippen molar-refractivity contribution in [3.05, 3.63) is 58.6 Å². The van der Waals surface area contributed by atoms with Gasteiger partial charge in [0.05, 0.1) is 12.0 Å². The van der Waals surface area contributed by atoms with E-state index in [9.17, 15) is 18.5 Å². The third-order valence-electron chi connectivity index (χ3n) is 4.05. The van der Waals surface area contributed by atoms with Crippen molar-refractivity contribution in [3.8, 4) is 5.75 Å². The Labute approximate surface area is 159 Å². The average molecular weight is 393 g/mol. The number of para-hydroxylation sites is 1. The minimum Gasteiger partial charge on any atom is -0.495 e. The molecule has 27 heavy (non-hydrogen) atoms. The number of ether oxygens (including phenoxy) is 1. The van der Waals surface area contributed by atoms with Gasteiger partial charge in [-0.25, -0.2) is 13.1 Å². The van der Waals surface area contributed by atoms with Crippen LogP contribution in [0.2, 0.25) is 0 Å². The summed E-state index contributed by atoms with van der Waals surface area (Å²) >= 11 is 0. The molecule has 0 saturated carbocycles. The Morgan fingerprint density at radius 3 is 2.48 bits per heavy atom. The average Bonchev–Trinajstić information content (AvgIpc) is 2.68. The zero-order valence-electron chi connectivity index (χ0n) is 15.3. The monoisotopic (exact) mass is 393 g/mol. The summed E-state index contributed by atoms with van der Waals surface area (Å²) in [5.74, 6) is 0.0626. The van der Waals surface area contributed by atoms with Crippen LogP contribution in [0.25, 0.3) is 0 Å². The van der Waals surface area contributed by atoms with E-state index in [0.29, 0.717) is 13.0 Å². The summed E-state index contributed by atoms with van der Waals surface area (Å²) in [6, 6.07) is 13.3. The lowest BCUT2D eigenvalue weighted by molar-refractivity contribution is -0.385. The Morgan fingerprint density at radius 1 is 1.19 bits per heavy atom. The van der Waals surface area contributed by atoms with Crippen molar-refractivity contribution >= 4 is 21.4 Å². The lowest BCUT2D eigenvalue weighted by Crippen LogP contribution is -2.30. The third-order valence-corrected chi connectivity index (χ3v) is 5.53. The number of benzene rings is 2. The van der Waals surface area contributed by atoms with Gasteiger partial charge in [0, 0.05) is 37.5 Å². The molecule has 0 unspecified atom stereocenters. The number of nitrogens with one attached hydrogen (secondary N) is 1. The molecular formula is C18H23N3O5S. The van der Waals surface area contributed by atoms with Crippen LogP contribution < -0.4 is 14.4 Å². The number of hydrogen-bond donors (Lipinski definition) is 1. The Bertz CT molecular complexity index is 872. The number of methoxy groups -OCH3 is 1. The molecule has 0 heterocycles. The highest BCUT2D eigenvalue weighted by molar-refractivity contribution is 7.89. The number of anilines is 1. The van der Waals surface area contributed by atoms with Gasteiger partial charge in [0.2, 0.25) is 10.0 Å². The number of sulfonamides is 1. The molecule has 2 aromatic carbocycles. The zero-order valence-corrected chi connectivity index (χ0v) is 16.1. The summed E-state index contributed by atoms with van der Waals surface area (Å²) in [6.45, 7) is 3.72. The Morgan fingerprint density at radius 2 is 1.89 bits per heavy atom. The van der Waals surface area contributed by atoms with Crippen molar-refractivity contribution < 1.29 is 18.1 Å². The van der Waals surface area contributed by atoms with Crippen LogP contribution in [0, 0.1) is 10.1 Å². The van der Waals surface area contributed by atoms with E-state index in [1.807, 2.05) is 37.3 Å². The van der Waals surface area contributed by atoms with Gasteiger partial charge in [-0.3, -0.25) is 10.1 Å². The van der Waals surface area contributed by atoms with Gasteiger partial charge in [-0.05, 0) is 31.5 Å². The van der Waals surface area contributed by atoms with Crippen molar-refractivity contribution in [2.24, 2.45) is 0 Å². The fraction of sp³-hybridized carbons (Fsp3) is 0.333. The van der Waals surface area contributed by atoms with E-state index in [4.69, 9.17) is 4.74 Å². The number of non-ortho nitro benzene ring substituents is 1. The van der Waals surface area contributed by atoms with Crippen molar-refractivity contribution in [2.45, 2.75) is 18.2 Å². The summed E-state index contributed by atoms with van der Waals surface area (Å²) in [5.41, 5.74) is 0.764. The van der Waals surface area contributed by atoms with Crippen molar-refractivity contribution in [1.82, 2.24) is 4.72 Å². The predicted molar refractivity (Wildman–Crippen MR) is 104 cm³/mol. The van der Waals surface area contributed by atoms with Crippen LogP contribution in [0.3, 0.4) is 0 Å². The van der Waals surface area contributed by atoms with Gasteiger partial charge in [-0.15, -0.1) is 0 Å². The molecule has 0 spiro atoms. The molecule has 0 amide bonds. The molecule has 8 nitrogen and oxygen atoms in total. The number of rotatable bonds is 10. The van der Waals surface area contributed by atoms with Crippen LogP contribution >= 0.6 is 0 Å². The Kier molecular flexibility index (Phi) is 7.14. The maximum Gasteiger partial charge on any atom is 0.271 e. The van der Waals surface area contributed by atoms with Crippen molar-refractivity contribution in [1.29, 1.82) is 0 Å². The van der Waals surface area contributed by atoms with E-state index in [2.05, 4.69) is 9.62 Å². The molecule has 0 bridgehead atoms. The smallest absolute Gasteiger partial charge is 0.271 e. The summed E-state index contributed by atoms with van der Waals surface area (Å²) in [5, 5.41) is 10.9. The summed E-state index contributed by atoms with van der Waals surface area (Å²) < 4.78 is 32.6. The SMILES string of the molecule is CCN(CCCNS(=O)(=O)c1cc([N+](=O)[O-])ccc1OC)c1ccccc1. The van der Waals surface area contributed by atoms with E-state index in [1.54, 1.807) is 0 Å². The number of nitrogens with zero attached hydrogens (tertiary/aromatic N) is 2. The quantitative estimate of drug-likeness (QED) is 0.378. The minimum absolute atomic E-state index is 0.0626. The molecule has 1 N–H and O–H groups in total. The highest BCUT2D eigenvalue weighted by atomic mass is 32.2. The highest BCUT2D eigenvalue weighted by Crippen LogP contribution is 2.28. The number of hydrogen-bond acceptors (Lipinski definition) is 6. The minimum atomic E-state index is -3.93. The zero-order chi connectivity index (χ0) is 19.9. The molecule has 0 fully saturated rings. The summed E-state index contributed by atoms with van der Waals surface area (Å²) in [4.78, 5) is 12.2. The first-order valence-electron chi connectivity index (χ1n) is 8.51. The number of nitro groups is 1. The highest BCUT2D eigenvalue weighted by Gasteiger charge is 2.22. The Balaban J connectivity index is 2.02.